The number of hydrogen-bond acceptors (Lipinski definition) is 2. The number of nitrogens with zero attached hydrogens (tertiary/aromatic N) is 1. The van der Waals surface area contributed by atoms with Crippen molar-refractivity contribution in [1.82, 2.24) is 4.90 Å². The maximum atomic E-state index is 10.9. The molecule has 0 unspecified atom stereocenters. The minimum Gasteiger partial charge on any atom is -0.465 e. The van der Waals surface area contributed by atoms with Crippen LogP contribution in [0.1, 0.15) is 5.56 Å². The number of carboxylic acid groups (broad SMARTS) is 1. The second kappa shape index (κ2) is 4.37. The van der Waals surface area contributed by atoms with Gasteiger partial charge >= 0.3 is 6.09 Å². The van der Waals surface area contributed by atoms with Gasteiger partial charge in [0, 0.05) is 0 Å². The van der Waals surface area contributed by atoms with Crippen molar-refractivity contribution in [3.8, 4) is 0 Å². The number of rotatable bonds is 2. The van der Waals surface area contributed by atoms with Gasteiger partial charge in [0.25, 0.3) is 0 Å². The third-order valence-corrected chi connectivity index (χ3v) is 2.71. The van der Waals surface area contributed by atoms with Crippen LogP contribution in [0.5, 0.6) is 0 Å². The first-order chi connectivity index (χ1) is 7.72. The summed E-state index contributed by atoms with van der Waals surface area (Å²) in [6, 6.07) is 9.18. The van der Waals surface area contributed by atoms with E-state index in [0.717, 1.165) is 11.1 Å². The first-order valence-corrected chi connectivity index (χ1v) is 5.09. The molecule has 1 atom stereocenters. The molecule has 1 amide bonds. The highest BCUT2D eigenvalue weighted by atomic mass is 16.4. The van der Waals surface area contributed by atoms with E-state index in [1.807, 2.05) is 36.4 Å². The van der Waals surface area contributed by atoms with Gasteiger partial charge in [-0.1, -0.05) is 36.4 Å². The van der Waals surface area contributed by atoms with Crippen LogP contribution in [0, 0.1) is 0 Å². The van der Waals surface area contributed by atoms with E-state index in [2.05, 4.69) is 0 Å². The Kier molecular flexibility index (Phi) is 2.92. The van der Waals surface area contributed by atoms with Crippen molar-refractivity contribution in [1.29, 1.82) is 0 Å². The molecule has 1 aromatic carbocycles. The summed E-state index contributed by atoms with van der Waals surface area (Å²) in [6.07, 6.45) is 0.810. The summed E-state index contributed by atoms with van der Waals surface area (Å²) in [5.41, 5.74) is 1.95. The lowest BCUT2D eigenvalue weighted by Crippen LogP contribution is -2.37. The van der Waals surface area contributed by atoms with Crippen molar-refractivity contribution in [2.24, 2.45) is 0 Å². The molecule has 0 bridgehead atoms. The summed E-state index contributed by atoms with van der Waals surface area (Å²) < 4.78 is 0. The van der Waals surface area contributed by atoms with Gasteiger partial charge in [-0.2, -0.15) is 0 Å². The highest BCUT2D eigenvalue weighted by Gasteiger charge is 2.28. The van der Waals surface area contributed by atoms with Gasteiger partial charge in [-0.05, 0) is 11.1 Å². The molecule has 0 spiro atoms. The summed E-state index contributed by atoms with van der Waals surface area (Å²) in [5.74, 6) is 0. The van der Waals surface area contributed by atoms with Crippen LogP contribution in [0.2, 0.25) is 0 Å². The first kappa shape index (κ1) is 10.7. The van der Waals surface area contributed by atoms with Crippen LogP contribution in [0.25, 0.3) is 5.57 Å². The smallest absolute Gasteiger partial charge is 0.408 e. The quantitative estimate of drug-likeness (QED) is 0.790. The third-order valence-electron chi connectivity index (χ3n) is 2.71. The Bertz CT molecular complexity index is 414. The summed E-state index contributed by atoms with van der Waals surface area (Å²) in [4.78, 5) is 12.2. The molecule has 1 aliphatic rings. The van der Waals surface area contributed by atoms with Gasteiger partial charge in [-0.25, -0.2) is 4.79 Å². The maximum absolute atomic E-state index is 10.9. The van der Waals surface area contributed by atoms with Crippen LogP contribution in [0.3, 0.4) is 0 Å². The molecular weight excluding hydrogens is 206 g/mol. The molecule has 0 saturated carbocycles. The van der Waals surface area contributed by atoms with Crippen LogP contribution < -0.4 is 0 Å². The molecule has 4 heteroatoms. The van der Waals surface area contributed by atoms with Crippen LogP contribution in [0.15, 0.2) is 36.4 Å². The van der Waals surface area contributed by atoms with Gasteiger partial charge in [0.2, 0.25) is 0 Å². The van der Waals surface area contributed by atoms with Crippen LogP contribution in [-0.4, -0.2) is 40.4 Å². The Morgan fingerprint density at radius 3 is 2.56 bits per heavy atom. The number of carbonyl (C=O) groups is 1. The SMILES string of the molecule is O=C(O)N1CC(c2ccccc2)=C[C@H]1CO. The van der Waals surface area contributed by atoms with E-state index in [0.29, 0.717) is 6.54 Å². The molecule has 16 heavy (non-hydrogen) atoms. The summed E-state index contributed by atoms with van der Waals surface area (Å²) in [7, 11) is 0. The topological polar surface area (TPSA) is 60.8 Å². The van der Waals surface area contributed by atoms with Crippen molar-refractivity contribution in [2.75, 3.05) is 13.2 Å². The second-order valence-corrected chi connectivity index (χ2v) is 3.72. The lowest BCUT2D eigenvalue weighted by Gasteiger charge is -2.18. The molecule has 84 valence electrons. The molecule has 2 N–H and O–H groups in total. The van der Waals surface area contributed by atoms with E-state index in [-0.39, 0.29) is 6.61 Å². The fraction of sp³-hybridized carbons (Fsp3) is 0.250. The highest BCUT2D eigenvalue weighted by Crippen LogP contribution is 2.24. The molecule has 1 aromatic rings. The zero-order valence-corrected chi connectivity index (χ0v) is 8.71. The van der Waals surface area contributed by atoms with Crippen LogP contribution in [-0.2, 0) is 0 Å². The Labute approximate surface area is 93.4 Å². The number of aliphatic hydroxyl groups excluding tert-OH is 1. The summed E-state index contributed by atoms with van der Waals surface area (Å²) >= 11 is 0. The standard InChI is InChI=1S/C12H13NO3/c14-8-11-6-10(7-13(11)12(15)16)9-4-2-1-3-5-9/h1-6,11,14H,7-8H2,(H,15,16)/t11-/m0/s1. The van der Waals surface area contributed by atoms with E-state index in [1.54, 1.807) is 0 Å². The molecule has 0 radical (unpaired) electrons. The predicted molar refractivity (Wildman–Crippen MR) is 60.0 cm³/mol. The van der Waals surface area contributed by atoms with Crippen molar-refractivity contribution in [3.63, 3.8) is 0 Å². The van der Waals surface area contributed by atoms with Gasteiger partial charge < -0.3 is 10.2 Å². The molecule has 0 aliphatic carbocycles. The molecule has 0 fully saturated rings. The second-order valence-electron chi connectivity index (χ2n) is 3.72. The molecule has 2 rings (SSSR count). The van der Waals surface area contributed by atoms with Gasteiger partial charge in [-0.3, -0.25) is 4.90 Å². The van der Waals surface area contributed by atoms with E-state index in [1.165, 1.54) is 4.90 Å². The largest absolute Gasteiger partial charge is 0.465 e. The average Bonchev–Trinajstić information content (AvgIpc) is 2.74. The van der Waals surface area contributed by atoms with Gasteiger partial charge in [-0.15, -0.1) is 0 Å². The van der Waals surface area contributed by atoms with Gasteiger partial charge in [0.15, 0.2) is 0 Å². The van der Waals surface area contributed by atoms with E-state index < -0.39 is 12.1 Å². The average molecular weight is 219 g/mol. The molecule has 4 nitrogen and oxygen atoms in total. The highest BCUT2D eigenvalue weighted by molar-refractivity contribution is 5.77. The Hall–Kier alpha value is -1.81. The van der Waals surface area contributed by atoms with Gasteiger partial charge in [0.1, 0.15) is 0 Å². The monoisotopic (exact) mass is 219 g/mol. The molecule has 1 aliphatic heterocycles. The number of amides is 1. The zero-order valence-electron chi connectivity index (χ0n) is 8.71. The minimum absolute atomic E-state index is 0.178. The third kappa shape index (κ3) is 1.92. The number of benzene rings is 1. The van der Waals surface area contributed by atoms with E-state index >= 15 is 0 Å². The normalized spacial score (nSPS) is 19.7. The Morgan fingerprint density at radius 2 is 2.06 bits per heavy atom. The Morgan fingerprint density at radius 1 is 1.38 bits per heavy atom. The van der Waals surface area contributed by atoms with Crippen molar-refractivity contribution in [3.05, 3.63) is 42.0 Å². The summed E-state index contributed by atoms with van der Waals surface area (Å²) in [5, 5.41) is 18.1. The van der Waals surface area contributed by atoms with Crippen LogP contribution >= 0.6 is 0 Å². The van der Waals surface area contributed by atoms with Crippen LogP contribution in [0.4, 0.5) is 4.79 Å². The fourth-order valence-corrected chi connectivity index (χ4v) is 1.88. The molecule has 1 heterocycles. The lowest BCUT2D eigenvalue weighted by atomic mass is 10.1. The minimum atomic E-state index is -0.999. The first-order valence-electron chi connectivity index (χ1n) is 5.09. The van der Waals surface area contributed by atoms with Crippen molar-refractivity contribution >= 4 is 11.7 Å². The van der Waals surface area contributed by atoms with Gasteiger partial charge in [0.05, 0.1) is 19.2 Å². The lowest BCUT2D eigenvalue weighted by molar-refractivity contribution is 0.125. The van der Waals surface area contributed by atoms with Crippen molar-refractivity contribution < 1.29 is 15.0 Å². The number of hydrogen-bond donors (Lipinski definition) is 2. The van der Waals surface area contributed by atoms with E-state index in [9.17, 15) is 4.79 Å². The fourth-order valence-electron chi connectivity index (χ4n) is 1.88. The molecule has 0 saturated heterocycles. The Balaban J connectivity index is 2.23. The maximum Gasteiger partial charge on any atom is 0.408 e. The predicted octanol–water partition coefficient (Wildman–Crippen LogP) is 1.42. The van der Waals surface area contributed by atoms with E-state index in [4.69, 9.17) is 10.2 Å². The molecule has 0 aromatic heterocycles. The van der Waals surface area contributed by atoms with Crippen molar-refractivity contribution in [2.45, 2.75) is 6.04 Å². The molecular formula is C12H13NO3. The zero-order chi connectivity index (χ0) is 11.5. The number of aliphatic hydroxyl groups is 1. The summed E-state index contributed by atoms with van der Waals surface area (Å²) in [6.45, 7) is 0.160.